The van der Waals surface area contributed by atoms with Crippen molar-refractivity contribution in [3.8, 4) is 0 Å². The van der Waals surface area contributed by atoms with Crippen LogP contribution < -0.4 is 10.0 Å². The molecule has 2 N–H and O–H groups in total. The number of hydrogen-bond acceptors (Lipinski definition) is 4. The summed E-state index contributed by atoms with van der Waals surface area (Å²) in [6.45, 7) is 1.73. The zero-order chi connectivity index (χ0) is 18.8. The fourth-order valence-electron chi connectivity index (χ4n) is 3.65. The summed E-state index contributed by atoms with van der Waals surface area (Å²) in [6.07, 6.45) is 1.15. The molecule has 26 heavy (non-hydrogen) atoms. The number of carbonyl (C=O) groups is 1. The quantitative estimate of drug-likeness (QED) is 0.813. The van der Waals surface area contributed by atoms with Gasteiger partial charge in [0.05, 0.1) is 23.8 Å². The molecule has 2 unspecified atom stereocenters. The van der Waals surface area contributed by atoms with Gasteiger partial charge in [-0.3, -0.25) is 9.52 Å². The molecule has 6 nitrogen and oxygen atoms in total. The molecule has 1 aromatic rings. The number of halogens is 2. The molecule has 2 saturated carbocycles. The first-order chi connectivity index (χ1) is 12.1. The lowest BCUT2D eigenvalue weighted by atomic mass is 9.90. The van der Waals surface area contributed by atoms with Crippen LogP contribution in [0.4, 0.5) is 14.5 Å². The molecule has 1 heterocycles. The summed E-state index contributed by atoms with van der Waals surface area (Å²) >= 11 is 0. The third kappa shape index (κ3) is 2.68. The largest absolute Gasteiger partial charge is 0.366 e. The molecule has 1 spiro atoms. The maximum Gasteiger partial charge on any atom is 0.282 e. The smallest absolute Gasteiger partial charge is 0.282 e. The van der Waals surface area contributed by atoms with Gasteiger partial charge in [-0.05, 0) is 44.4 Å². The SMILES string of the molecule is CC1(NC(=O)c2cccc(NS(=O)(=O)C3CC3)c2)CCOC12CC2(F)F. The highest BCUT2D eigenvalue weighted by Crippen LogP contribution is 2.64. The molecule has 1 amide bonds. The van der Waals surface area contributed by atoms with Crippen LogP contribution >= 0.6 is 0 Å². The Bertz CT molecular complexity index is 867. The van der Waals surface area contributed by atoms with Gasteiger partial charge in [0, 0.05) is 11.3 Å². The van der Waals surface area contributed by atoms with Gasteiger partial charge in [-0.25, -0.2) is 17.2 Å². The predicted molar refractivity (Wildman–Crippen MR) is 90.7 cm³/mol. The number of benzene rings is 1. The van der Waals surface area contributed by atoms with E-state index >= 15 is 0 Å². The summed E-state index contributed by atoms with van der Waals surface area (Å²) in [6, 6.07) is 6.02. The number of alkyl halides is 2. The maximum absolute atomic E-state index is 13.8. The third-order valence-electron chi connectivity index (χ3n) is 5.52. The molecule has 2 aliphatic carbocycles. The first-order valence-electron chi connectivity index (χ1n) is 8.55. The molecule has 4 rings (SSSR count). The van der Waals surface area contributed by atoms with Crippen LogP contribution in [0.25, 0.3) is 0 Å². The lowest BCUT2D eigenvalue weighted by Crippen LogP contribution is -2.55. The molecular formula is C17H20F2N2O4S. The van der Waals surface area contributed by atoms with E-state index in [1.807, 2.05) is 0 Å². The molecule has 0 radical (unpaired) electrons. The molecule has 0 aromatic heterocycles. The van der Waals surface area contributed by atoms with Crippen LogP contribution in [0.5, 0.6) is 0 Å². The van der Waals surface area contributed by atoms with E-state index in [1.54, 1.807) is 19.1 Å². The number of amides is 1. The van der Waals surface area contributed by atoms with E-state index < -0.39 is 39.4 Å². The average molecular weight is 386 g/mol. The van der Waals surface area contributed by atoms with Crippen molar-refractivity contribution in [2.45, 2.75) is 54.9 Å². The first kappa shape index (κ1) is 17.7. The summed E-state index contributed by atoms with van der Waals surface area (Å²) in [5, 5.41) is 2.30. The molecule has 3 aliphatic rings. The minimum absolute atomic E-state index is 0.160. The zero-order valence-corrected chi connectivity index (χ0v) is 15.0. The number of rotatable bonds is 5. The monoisotopic (exact) mass is 386 g/mol. The van der Waals surface area contributed by atoms with Crippen LogP contribution in [0.3, 0.4) is 0 Å². The van der Waals surface area contributed by atoms with E-state index in [-0.39, 0.29) is 23.1 Å². The van der Waals surface area contributed by atoms with Crippen molar-refractivity contribution in [1.82, 2.24) is 5.32 Å². The van der Waals surface area contributed by atoms with Crippen LogP contribution in [0.15, 0.2) is 24.3 Å². The van der Waals surface area contributed by atoms with E-state index in [9.17, 15) is 22.0 Å². The van der Waals surface area contributed by atoms with Gasteiger partial charge >= 0.3 is 0 Å². The minimum atomic E-state index is -3.44. The van der Waals surface area contributed by atoms with Gasteiger partial charge in [0.1, 0.15) is 0 Å². The Hall–Kier alpha value is -1.74. The molecule has 0 bridgehead atoms. The van der Waals surface area contributed by atoms with Crippen molar-refractivity contribution in [1.29, 1.82) is 0 Å². The van der Waals surface area contributed by atoms with Gasteiger partial charge in [0.25, 0.3) is 11.8 Å². The molecular weight excluding hydrogens is 366 g/mol. The van der Waals surface area contributed by atoms with Crippen molar-refractivity contribution >= 4 is 21.6 Å². The van der Waals surface area contributed by atoms with Crippen molar-refractivity contribution < 1.29 is 26.7 Å². The zero-order valence-electron chi connectivity index (χ0n) is 14.2. The van der Waals surface area contributed by atoms with Gasteiger partial charge in [0.15, 0.2) is 5.60 Å². The van der Waals surface area contributed by atoms with Gasteiger partial charge < -0.3 is 10.1 Å². The third-order valence-corrected chi connectivity index (χ3v) is 7.39. The Balaban J connectivity index is 1.51. The normalized spacial score (nSPS) is 32.4. The Morgan fingerprint density at radius 1 is 1.31 bits per heavy atom. The second kappa shape index (κ2) is 5.39. The highest BCUT2D eigenvalue weighted by molar-refractivity contribution is 7.93. The van der Waals surface area contributed by atoms with Crippen molar-refractivity contribution in [2.75, 3.05) is 11.3 Å². The summed E-state index contributed by atoms with van der Waals surface area (Å²) in [7, 11) is -3.44. The van der Waals surface area contributed by atoms with Crippen molar-refractivity contribution in [2.24, 2.45) is 0 Å². The highest BCUT2D eigenvalue weighted by atomic mass is 32.2. The number of ether oxygens (including phenoxy) is 1. The van der Waals surface area contributed by atoms with Crippen LogP contribution in [-0.2, 0) is 14.8 Å². The number of nitrogens with one attached hydrogen (secondary N) is 2. The summed E-state index contributed by atoms with van der Waals surface area (Å²) < 4.78 is 59.4. The highest BCUT2D eigenvalue weighted by Gasteiger charge is 2.82. The topological polar surface area (TPSA) is 84.5 Å². The van der Waals surface area contributed by atoms with Crippen molar-refractivity contribution in [3.05, 3.63) is 29.8 Å². The Labute approximate surface area is 150 Å². The van der Waals surface area contributed by atoms with Crippen LogP contribution in [0, 0.1) is 0 Å². The van der Waals surface area contributed by atoms with E-state index in [4.69, 9.17) is 4.74 Å². The molecule has 142 valence electrons. The van der Waals surface area contributed by atoms with Crippen LogP contribution in [-0.4, -0.2) is 43.2 Å². The molecule has 2 atom stereocenters. The fourth-order valence-corrected chi connectivity index (χ4v) is 5.03. The number of hydrogen-bond donors (Lipinski definition) is 2. The molecule has 1 aliphatic heterocycles. The summed E-state index contributed by atoms with van der Waals surface area (Å²) in [5.74, 6) is -3.49. The number of carbonyl (C=O) groups excluding carboxylic acids is 1. The average Bonchev–Trinajstić information content (AvgIpc) is 3.43. The van der Waals surface area contributed by atoms with E-state index in [2.05, 4.69) is 10.0 Å². The Morgan fingerprint density at radius 2 is 2.00 bits per heavy atom. The summed E-state index contributed by atoms with van der Waals surface area (Å²) in [5.41, 5.74) is -2.32. The summed E-state index contributed by atoms with van der Waals surface area (Å²) in [4.78, 5) is 12.6. The fraction of sp³-hybridized carbons (Fsp3) is 0.588. The Kier molecular flexibility index (Phi) is 3.66. The maximum atomic E-state index is 13.8. The second-order valence-corrected chi connectivity index (χ2v) is 9.48. The second-order valence-electron chi connectivity index (χ2n) is 7.52. The van der Waals surface area contributed by atoms with Gasteiger partial charge in [-0.1, -0.05) is 6.07 Å². The van der Waals surface area contributed by atoms with E-state index in [0.717, 1.165) is 0 Å². The van der Waals surface area contributed by atoms with E-state index in [1.165, 1.54) is 12.1 Å². The van der Waals surface area contributed by atoms with E-state index in [0.29, 0.717) is 19.3 Å². The number of sulfonamides is 1. The standard InChI is InChI=1S/C17H20F2N2O4S/c1-15(7-8-25-16(15)10-17(16,18)19)20-14(22)11-3-2-4-12(9-11)21-26(23,24)13-5-6-13/h2-4,9,13,21H,5-8,10H2,1H3,(H,20,22). The number of anilines is 1. The first-order valence-corrected chi connectivity index (χ1v) is 10.1. The molecule has 1 aromatic carbocycles. The lowest BCUT2D eigenvalue weighted by Gasteiger charge is -2.31. The van der Waals surface area contributed by atoms with Crippen LogP contribution in [0.1, 0.15) is 43.0 Å². The van der Waals surface area contributed by atoms with Gasteiger partial charge in [0.2, 0.25) is 10.0 Å². The van der Waals surface area contributed by atoms with Gasteiger partial charge in [-0.15, -0.1) is 0 Å². The molecule has 1 saturated heterocycles. The van der Waals surface area contributed by atoms with Gasteiger partial charge in [-0.2, -0.15) is 0 Å². The minimum Gasteiger partial charge on any atom is -0.366 e. The lowest BCUT2D eigenvalue weighted by molar-refractivity contribution is -0.0484. The molecule has 3 fully saturated rings. The Morgan fingerprint density at radius 3 is 2.62 bits per heavy atom. The predicted octanol–water partition coefficient (Wildman–Crippen LogP) is 2.28. The van der Waals surface area contributed by atoms with Crippen molar-refractivity contribution in [3.63, 3.8) is 0 Å². The molecule has 9 heteroatoms. The van der Waals surface area contributed by atoms with Crippen LogP contribution in [0.2, 0.25) is 0 Å².